The van der Waals surface area contributed by atoms with E-state index in [1.54, 1.807) is 0 Å². The van der Waals surface area contributed by atoms with Crippen molar-refractivity contribution in [2.24, 2.45) is 0 Å². The van der Waals surface area contributed by atoms with Gasteiger partial charge in [0.05, 0.1) is 26.4 Å². The molecule has 0 bridgehead atoms. The second-order valence-electron chi connectivity index (χ2n) is 27.3. The SMILES string of the molecule is CC/C=C\C/C=C\C/C=C\C/C=C\C/C=C\CCCCCC(=O)OC[C@H](COP(=O)(O)OC[C@@H](O)COP(=O)(O)OC[C@@H](COC(=O)CCCCCCCCCCCCCCC)OC(=O)CCCCCCC/C=C\CCCCCCCC)OC(=O)CCCCCCCCC/C=C\CCCCCC. The van der Waals surface area contributed by atoms with Crippen LogP contribution in [0.1, 0.15) is 362 Å². The van der Waals surface area contributed by atoms with E-state index in [0.717, 1.165) is 161 Å². The summed E-state index contributed by atoms with van der Waals surface area (Å²) in [4.78, 5) is 73.0. The maximum atomic E-state index is 13.1. The molecule has 0 saturated heterocycles. The number of hydrogen-bond donors (Lipinski definition) is 3. The molecule has 0 aromatic heterocycles. The third kappa shape index (κ3) is 74.5. The summed E-state index contributed by atoms with van der Waals surface area (Å²) in [7, 11) is -9.96. The Labute approximate surface area is 621 Å². The highest BCUT2D eigenvalue weighted by atomic mass is 31.2. The first kappa shape index (κ1) is 98.2. The average molecular weight is 1480 g/mol. The van der Waals surface area contributed by atoms with Gasteiger partial charge in [0, 0.05) is 25.7 Å². The second kappa shape index (κ2) is 75.5. The Kier molecular flexibility index (Phi) is 72.7. The summed E-state index contributed by atoms with van der Waals surface area (Å²) in [5, 5.41) is 10.6. The van der Waals surface area contributed by atoms with Crippen LogP contribution in [0.15, 0.2) is 85.1 Å². The standard InChI is InChI=1S/C83H148O17P2/c1-5-9-13-17-21-25-29-33-36-37-38-39-42-44-48-52-56-60-64-68-81(86)94-74-79(100-83(88)70-66-62-58-54-50-46-41-35-31-27-23-19-15-11-7-3)76-98-102(91,92)96-72-77(84)71-95-101(89,90)97-75-78(73-93-80(85)67-63-59-55-51-47-43-32-28-24-20-16-12-8-4)99-82(87)69-65-61-57-53-49-45-40-34-30-26-22-18-14-10-6-2/h9,13,21,25,27,31,33-34,36,38-40,44,48,77-79,84H,5-8,10-12,14-20,22-24,26,28-30,32,35,37,41-43,45-47,49-76H2,1-4H3,(H,89,90)(H,91,92)/b13-9-,25-21-,31-27-,36-33-,39-38-,40-34-,48-44-/t77-,78+,79+/m0/s1. The third-order valence-corrected chi connectivity index (χ3v) is 19.2. The van der Waals surface area contributed by atoms with Gasteiger partial charge < -0.3 is 33.8 Å². The van der Waals surface area contributed by atoms with Crippen LogP contribution in [0, 0.1) is 0 Å². The number of unbranched alkanes of at least 4 members (excludes halogenated alkanes) is 37. The van der Waals surface area contributed by atoms with E-state index in [-0.39, 0.29) is 25.7 Å². The molecule has 0 spiro atoms. The first-order chi connectivity index (χ1) is 49.7. The Bertz CT molecular complexity index is 2260. The van der Waals surface area contributed by atoms with Crippen molar-refractivity contribution in [3.63, 3.8) is 0 Å². The molecule has 5 atom stereocenters. The molecular weight excluding hydrogens is 1330 g/mol. The molecule has 0 fully saturated rings. The molecule has 0 aliphatic carbocycles. The van der Waals surface area contributed by atoms with Gasteiger partial charge in [0.25, 0.3) is 0 Å². The number of phosphoric acid groups is 2. The summed E-state index contributed by atoms with van der Waals surface area (Å²) in [5.74, 6) is -2.20. The fourth-order valence-corrected chi connectivity index (χ4v) is 12.7. The van der Waals surface area contributed by atoms with Crippen LogP contribution < -0.4 is 0 Å². The van der Waals surface area contributed by atoms with Crippen molar-refractivity contribution in [2.45, 2.75) is 380 Å². The molecule has 3 N–H and O–H groups in total. The van der Waals surface area contributed by atoms with Gasteiger partial charge in [0.2, 0.25) is 0 Å². The quantitative estimate of drug-likeness (QED) is 0.0169. The van der Waals surface area contributed by atoms with Crippen molar-refractivity contribution in [1.82, 2.24) is 0 Å². The number of esters is 4. The lowest BCUT2D eigenvalue weighted by Crippen LogP contribution is -2.30. The van der Waals surface area contributed by atoms with E-state index in [1.807, 2.05) is 0 Å². The van der Waals surface area contributed by atoms with Crippen LogP contribution in [-0.2, 0) is 65.4 Å². The molecule has 592 valence electrons. The van der Waals surface area contributed by atoms with Gasteiger partial charge >= 0.3 is 39.5 Å². The molecular formula is C83H148O17P2. The fourth-order valence-electron chi connectivity index (χ4n) is 11.1. The molecule has 17 nitrogen and oxygen atoms in total. The minimum atomic E-state index is -4.98. The zero-order valence-corrected chi connectivity index (χ0v) is 66.6. The zero-order chi connectivity index (χ0) is 74.6. The number of aliphatic hydroxyl groups is 1. The molecule has 0 heterocycles. The Morgan fingerprint density at radius 3 is 0.814 bits per heavy atom. The number of phosphoric ester groups is 2. The molecule has 0 aromatic carbocycles. The lowest BCUT2D eigenvalue weighted by Gasteiger charge is -2.21. The first-order valence-electron chi connectivity index (χ1n) is 40.8. The van der Waals surface area contributed by atoms with Gasteiger partial charge in [-0.05, 0) is 122 Å². The van der Waals surface area contributed by atoms with Gasteiger partial charge in [-0.25, -0.2) is 9.13 Å². The van der Waals surface area contributed by atoms with Crippen molar-refractivity contribution in [2.75, 3.05) is 39.6 Å². The number of hydrogen-bond acceptors (Lipinski definition) is 15. The van der Waals surface area contributed by atoms with Crippen LogP contribution in [0.4, 0.5) is 0 Å². The van der Waals surface area contributed by atoms with Gasteiger partial charge in [0.1, 0.15) is 19.3 Å². The normalized spacial score (nSPS) is 14.3. The van der Waals surface area contributed by atoms with Crippen LogP contribution in [0.3, 0.4) is 0 Å². The van der Waals surface area contributed by atoms with Crippen molar-refractivity contribution in [3.8, 4) is 0 Å². The summed E-state index contributed by atoms with van der Waals surface area (Å²) >= 11 is 0. The van der Waals surface area contributed by atoms with E-state index < -0.39 is 97.5 Å². The number of rotatable bonds is 77. The summed E-state index contributed by atoms with van der Waals surface area (Å²) in [6.07, 6.45) is 78.4. The van der Waals surface area contributed by atoms with Gasteiger partial charge in [-0.15, -0.1) is 0 Å². The van der Waals surface area contributed by atoms with Crippen molar-refractivity contribution in [3.05, 3.63) is 85.1 Å². The smallest absolute Gasteiger partial charge is 0.462 e. The number of ether oxygens (including phenoxy) is 4. The van der Waals surface area contributed by atoms with Crippen LogP contribution in [0.5, 0.6) is 0 Å². The number of carbonyl (C=O) groups excluding carboxylic acids is 4. The number of allylic oxidation sites excluding steroid dienone is 14. The van der Waals surface area contributed by atoms with E-state index in [0.29, 0.717) is 25.7 Å². The molecule has 0 aliphatic heterocycles. The van der Waals surface area contributed by atoms with E-state index in [2.05, 4.69) is 113 Å². The molecule has 0 aliphatic rings. The Balaban J connectivity index is 5.37. The van der Waals surface area contributed by atoms with Crippen LogP contribution in [0.25, 0.3) is 0 Å². The van der Waals surface area contributed by atoms with Crippen LogP contribution in [-0.4, -0.2) is 96.7 Å². The van der Waals surface area contributed by atoms with E-state index >= 15 is 0 Å². The Hall–Kier alpha value is -3.76. The molecule has 2 unspecified atom stereocenters. The molecule has 0 saturated carbocycles. The summed E-state index contributed by atoms with van der Waals surface area (Å²) in [6, 6.07) is 0. The molecule has 102 heavy (non-hydrogen) atoms. The molecule has 19 heteroatoms. The maximum absolute atomic E-state index is 13.1. The van der Waals surface area contributed by atoms with Gasteiger partial charge in [-0.1, -0.05) is 299 Å². The molecule has 0 rings (SSSR count). The van der Waals surface area contributed by atoms with Gasteiger partial charge in [-0.3, -0.25) is 37.3 Å². The predicted molar refractivity (Wildman–Crippen MR) is 418 cm³/mol. The maximum Gasteiger partial charge on any atom is 0.472 e. The zero-order valence-electron chi connectivity index (χ0n) is 64.8. The highest BCUT2D eigenvalue weighted by Crippen LogP contribution is 2.45. The van der Waals surface area contributed by atoms with Crippen molar-refractivity contribution >= 4 is 39.5 Å². The first-order valence-corrected chi connectivity index (χ1v) is 43.8. The lowest BCUT2D eigenvalue weighted by molar-refractivity contribution is -0.161. The molecule has 0 amide bonds. The van der Waals surface area contributed by atoms with Gasteiger partial charge in [0.15, 0.2) is 12.2 Å². The molecule has 0 aromatic rings. The monoisotopic (exact) mass is 1480 g/mol. The van der Waals surface area contributed by atoms with Crippen LogP contribution >= 0.6 is 15.6 Å². The largest absolute Gasteiger partial charge is 0.472 e. The van der Waals surface area contributed by atoms with E-state index in [1.165, 1.54) is 122 Å². The van der Waals surface area contributed by atoms with Crippen LogP contribution in [0.2, 0.25) is 0 Å². The van der Waals surface area contributed by atoms with Crippen molar-refractivity contribution < 1.29 is 80.2 Å². The summed E-state index contributed by atoms with van der Waals surface area (Å²) in [5.41, 5.74) is 0. The predicted octanol–water partition coefficient (Wildman–Crippen LogP) is 23.8. The highest BCUT2D eigenvalue weighted by molar-refractivity contribution is 7.47. The topological polar surface area (TPSA) is 237 Å². The van der Waals surface area contributed by atoms with Gasteiger partial charge in [-0.2, -0.15) is 0 Å². The average Bonchev–Trinajstić information content (AvgIpc) is 0.920. The summed E-state index contributed by atoms with van der Waals surface area (Å²) in [6.45, 7) is 4.75. The Morgan fingerprint density at radius 1 is 0.284 bits per heavy atom. The Morgan fingerprint density at radius 2 is 0.510 bits per heavy atom. The highest BCUT2D eigenvalue weighted by Gasteiger charge is 2.30. The number of aliphatic hydroxyl groups excluding tert-OH is 1. The second-order valence-corrected chi connectivity index (χ2v) is 30.2. The minimum Gasteiger partial charge on any atom is -0.462 e. The third-order valence-electron chi connectivity index (χ3n) is 17.3. The minimum absolute atomic E-state index is 0.0836. The van der Waals surface area contributed by atoms with E-state index in [9.17, 15) is 43.2 Å². The van der Waals surface area contributed by atoms with E-state index in [4.69, 9.17) is 37.0 Å². The number of carbonyl (C=O) groups is 4. The lowest BCUT2D eigenvalue weighted by atomic mass is 10.0. The molecule has 0 radical (unpaired) electrons. The van der Waals surface area contributed by atoms with Crippen molar-refractivity contribution in [1.29, 1.82) is 0 Å². The summed E-state index contributed by atoms with van der Waals surface area (Å²) < 4.78 is 68.6. The fraction of sp³-hybridized carbons (Fsp3) is 0.783.